The third-order valence-corrected chi connectivity index (χ3v) is 2.37. The van der Waals surface area contributed by atoms with E-state index in [-0.39, 0.29) is 6.35 Å². The second kappa shape index (κ2) is 3.46. The molecule has 0 heterocycles. The summed E-state index contributed by atoms with van der Waals surface area (Å²) in [5.74, 6) is 0. The lowest BCUT2D eigenvalue weighted by Crippen LogP contribution is -1.86. The first-order chi connectivity index (χ1) is 3.62. The lowest BCUT2D eigenvalue weighted by Gasteiger charge is -2.03. The third-order valence-electron chi connectivity index (χ3n) is 0.556. The van der Waals surface area contributed by atoms with Gasteiger partial charge in [0, 0.05) is 14.2 Å². The maximum absolute atomic E-state index is 10.6. The molecule has 0 rings (SSSR count). The molecule has 0 N–H and O–H groups in total. The van der Waals surface area contributed by atoms with Gasteiger partial charge in [-0.3, -0.25) is 4.57 Å². The molecule has 0 saturated carbocycles. The van der Waals surface area contributed by atoms with E-state index in [4.69, 9.17) is 11.2 Å². The van der Waals surface area contributed by atoms with E-state index in [2.05, 4.69) is 9.26 Å². The van der Waals surface area contributed by atoms with Crippen molar-refractivity contribution in [3.05, 3.63) is 0 Å². The topological polar surface area (TPSA) is 35.5 Å². The summed E-state index contributed by atoms with van der Waals surface area (Å²) in [6.45, 7) is -2.92. The minimum atomic E-state index is -2.92. The molecular formula is C3H8ClO3P. The molecule has 0 saturated heterocycles. The van der Waals surface area contributed by atoms with Gasteiger partial charge in [-0.1, -0.05) is 0 Å². The highest BCUT2D eigenvalue weighted by Gasteiger charge is 2.15. The Hall–Kier alpha value is 0.440. The molecular weight excluding hydrogens is 150 g/mol. The summed E-state index contributed by atoms with van der Waals surface area (Å²) < 4.78 is 19.5. The molecule has 0 bridgehead atoms. The van der Waals surface area contributed by atoms with Crippen LogP contribution >= 0.6 is 18.0 Å². The van der Waals surface area contributed by atoms with Gasteiger partial charge in [0.2, 0.25) is 0 Å². The number of hydrogen-bond donors (Lipinski definition) is 0. The molecule has 50 valence electrons. The fourth-order valence-electron chi connectivity index (χ4n) is 0.207. The molecule has 0 spiro atoms. The summed E-state index contributed by atoms with van der Waals surface area (Å²) in [6, 6.07) is 0. The van der Waals surface area contributed by atoms with E-state index in [1.807, 2.05) is 0 Å². The number of rotatable bonds is 3. The van der Waals surface area contributed by atoms with Gasteiger partial charge in [0.05, 0.1) is 0 Å². The van der Waals surface area contributed by atoms with Crippen molar-refractivity contribution < 1.29 is 13.8 Å². The van der Waals surface area contributed by atoms with Crippen LogP contribution < -0.4 is 0 Å². The predicted octanol–water partition coefficient (Wildman–Crippen LogP) is 1.67. The second-order valence-corrected chi connectivity index (χ2v) is 4.54. The maximum atomic E-state index is 10.6. The van der Waals surface area contributed by atoms with E-state index in [0.717, 1.165) is 0 Å². The van der Waals surface area contributed by atoms with Crippen LogP contribution in [0.3, 0.4) is 0 Å². The molecule has 0 radical (unpaired) electrons. The van der Waals surface area contributed by atoms with E-state index < -0.39 is 6.72 Å². The molecule has 0 aliphatic rings. The van der Waals surface area contributed by atoms with Gasteiger partial charge in [0.25, 0.3) is 0 Å². The number of halogens is 1. The zero-order valence-corrected chi connectivity index (χ0v) is 6.41. The Morgan fingerprint density at radius 2 is 2.12 bits per heavy atom. The number of methoxy groups -OCH3 is 1. The summed E-state index contributed by atoms with van der Waals surface area (Å²) >= 11 is 5.23. The van der Waals surface area contributed by atoms with Crippen molar-refractivity contribution in [1.29, 1.82) is 0 Å². The smallest absolute Gasteiger partial charge is 0.314 e. The van der Waals surface area contributed by atoms with Gasteiger partial charge < -0.3 is 9.26 Å². The van der Waals surface area contributed by atoms with Crippen LogP contribution in [0.4, 0.5) is 0 Å². The highest BCUT2D eigenvalue weighted by molar-refractivity contribution is 7.85. The highest BCUT2D eigenvalue weighted by atomic mass is 35.7. The minimum absolute atomic E-state index is 0.0367. The molecule has 0 aromatic heterocycles. The standard InChI is InChI=1S/C3H8ClO3P/c1-6-3-8(4,5)7-2/h3H2,1-2H3. The molecule has 5 heteroatoms. The van der Waals surface area contributed by atoms with Gasteiger partial charge in [0.15, 0.2) is 0 Å². The van der Waals surface area contributed by atoms with Crippen LogP contribution in [0.1, 0.15) is 0 Å². The summed E-state index contributed by atoms with van der Waals surface area (Å²) in [4.78, 5) is 0. The van der Waals surface area contributed by atoms with Crippen molar-refractivity contribution in [1.82, 2.24) is 0 Å². The molecule has 0 aliphatic carbocycles. The molecule has 0 aromatic rings. The predicted molar refractivity (Wildman–Crippen MR) is 32.3 cm³/mol. The third kappa shape index (κ3) is 3.44. The Kier molecular flexibility index (Phi) is 3.65. The maximum Gasteiger partial charge on any atom is 0.314 e. The molecule has 0 aliphatic heterocycles. The fourth-order valence-corrected chi connectivity index (χ4v) is 0.913. The molecule has 0 aromatic carbocycles. The molecule has 0 fully saturated rings. The largest absolute Gasteiger partial charge is 0.373 e. The van der Waals surface area contributed by atoms with Gasteiger partial charge in [-0.2, -0.15) is 0 Å². The van der Waals surface area contributed by atoms with Crippen LogP contribution in [0.5, 0.6) is 0 Å². The highest BCUT2D eigenvalue weighted by Crippen LogP contribution is 2.50. The summed E-state index contributed by atoms with van der Waals surface area (Å²) in [7, 11) is 2.70. The van der Waals surface area contributed by atoms with Crippen LogP contribution in [-0.2, 0) is 13.8 Å². The van der Waals surface area contributed by atoms with Crippen LogP contribution in [0, 0.1) is 0 Å². The van der Waals surface area contributed by atoms with Crippen LogP contribution in [0.15, 0.2) is 0 Å². The number of hydrogen-bond acceptors (Lipinski definition) is 3. The summed E-state index contributed by atoms with van der Waals surface area (Å²) in [5, 5.41) is 0. The molecule has 0 amide bonds. The van der Waals surface area contributed by atoms with Crippen molar-refractivity contribution >= 4 is 18.0 Å². The van der Waals surface area contributed by atoms with Crippen LogP contribution in [-0.4, -0.2) is 20.6 Å². The fraction of sp³-hybridized carbons (Fsp3) is 1.00. The molecule has 1 atom stereocenters. The Balaban J connectivity index is 3.55. The Labute approximate surface area is 53.2 Å². The first-order valence-electron chi connectivity index (χ1n) is 1.96. The van der Waals surface area contributed by atoms with E-state index >= 15 is 0 Å². The lowest BCUT2D eigenvalue weighted by molar-refractivity contribution is 0.235. The monoisotopic (exact) mass is 158 g/mol. The van der Waals surface area contributed by atoms with Crippen LogP contribution in [0.2, 0.25) is 0 Å². The van der Waals surface area contributed by atoms with Crippen molar-refractivity contribution in [3.8, 4) is 0 Å². The van der Waals surface area contributed by atoms with Gasteiger partial charge in [-0.05, 0) is 11.2 Å². The van der Waals surface area contributed by atoms with Gasteiger partial charge in [-0.25, -0.2) is 0 Å². The first-order valence-corrected chi connectivity index (χ1v) is 4.67. The Morgan fingerprint density at radius 1 is 1.62 bits per heavy atom. The van der Waals surface area contributed by atoms with Crippen molar-refractivity contribution in [2.75, 3.05) is 20.6 Å². The quantitative estimate of drug-likeness (QED) is 0.586. The van der Waals surface area contributed by atoms with Gasteiger partial charge >= 0.3 is 6.72 Å². The molecule has 3 nitrogen and oxygen atoms in total. The minimum Gasteiger partial charge on any atom is -0.373 e. The zero-order valence-electron chi connectivity index (χ0n) is 4.76. The number of ether oxygens (including phenoxy) is 1. The van der Waals surface area contributed by atoms with E-state index in [0.29, 0.717) is 0 Å². The van der Waals surface area contributed by atoms with Crippen LogP contribution in [0.25, 0.3) is 0 Å². The average Bonchev–Trinajstić information content (AvgIpc) is 1.67. The van der Waals surface area contributed by atoms with Crippen molar-refractivity contribution in [2.24, 2.45) is 0 Å². The SMILES string of the molecule is COCP(=O)(Cl)OC. The normalized spacial score (nSPS) is 17.9. The summed E-state index contributed by atoms with van der Waals surface area (Å²) in [5.41, 5.74) is 0. The van der Waals surface area contributed by atoms with E-state index in [1.54, 1.807) is 0 Å². The lowest BCUT2D eigenvalue weighted by atomic mass is 11.5. The molecule has 1 unspecified atom stereocenters. The van der Waals surface area contributed by atoms with Crippen molar-refractivity contribution in [3.63, 3.8) is 0 Å². The van der Waals surface area contributed by atoms with Crippen molar-refractivity contribution in [2.45, 2.75) is 0 Å². The molecule has 8 heavy (non-hydrogen) atoms. The first kappa shape index (κ1) is 8.44. The zero-order chi connectivity index (χ0) is 6.62. The van der Waals surface area contributed by atoms with Gasteiger partial charge in [-0.15, -0.1) is 0 Å². The Bertz CT molecular complexity index is 105. The Morgan fingerprint density at radius 3 is 2.25 bits per heavy atom. The van der Waals surface area contributed by atoms with E-state index in [9.17, 15) is 4.57 Å². The van der Waals surface area contributed by atoms with E-state index in [1.165, 1.54) is 14.2 Å². The van der Waals surface area contributed by atoms with Gasteiger partial charge in [0.1, 0.15) is 6.35 Å². The second-order valence-electron chi connectivity index (χ2n) is 1.19. The average molecular weight is 159 g/mol. The summed E-state index contributed by atoms with van der Waals surface area (Å²) in [6.07, 6.45) is -0.0367.